The van der Waals surface area contributed by atoms with Gasteiger partial charge >= 0.3 is 0 Å². The van der Waals surface area contributed by atoms with Crippen molar-refractivity contribution in [1.82, 2.24) is 19.3 Å². The van der Waals surface area contributed by atoms with E-state index in [0.29, 0.717) is 22.4 Å². The van der Waals surface area contributed by atoms with Gasteiger partial charge in [-0.1, -0.05) is 11.6 Å². The molecule has 0 saturated heterocycles. The van der Waals surface area contributed by atoms with Crippen LogP contribution in [0.1, 0.15) is 27.4 Å². The monoisotopic (exact) mass is 379 g/mol. The largest absolute Gasteiger partial charge is 0.443 e. The SMILES string of the molecule is Cc1oc(-n2cccc2)c(C#N)c1C(=O)NCc1cn2cc(Cl)ccc2n1. The van der Waals surface area contributed by atoms with Gasteiger partial charge in [-0.3, -0.25) is 9.36 Å². The molecule has 0 aromatic carbocycles. The van der Waals surface area contributed by atoms with Crippen LogP contribution in [-0.2, 0) is 6.54 Å². The Labute approximate surface area is 159 Å². The summed E-state index contributed by atoms with van der Waals surface area (Å²) in [6.45, 7) is 1.88. The third kappa shape index (κ3) is 3.07. The van der Waals surface area contributed by atoms with Crippen LogP contribution in [0.15, 0.2) is 53.5 Å². The Bertz CT molecular complexity index is 1180. The number of carbonyl (C=O) groups is 1. The molecule has 0 atom stereocenters. The lowest BCUT2D eigenvalue weighted by molar-refractivity contribution is 0.0948. The summed E-state index contributed by atoms with van der Waals surface area (Å²) >= 11 is 5.97. The van der Waals surface area contributed by atoms with E-state index in [2.05, 4.69) is 16.4 Å². The van der Waals surface area contributed by atoms with Gasteiger partial charge in [0.2, 0.25) is 5.88 Å². The third-order valence-corrected chi connectivity index (χ3v) is 4.36. The normalized spacial score (nSPS) is 10.9. The molecule has 0 aliphatic carbocycles. The number of aryl methyl sites for hydroxylation is 1. The van der Waals surface area contributed by atoms with E-state index >= 15 is 0 Å². The Hall–Kier alpha value is -3.50. The summed E-state index contributed by atoms with van der Waals surface area (Å²) in [5, 5.41) is 12.9. The number of hydrogen-bond acceptors (Lipinski definition) is 4. The highest BCUT2D eigenvalue weighted by molar-refractivity contribution is 6.30. The van der Waals surface area contributed by atoms with Crippen LogP contribution >= 0.6 is 11.6 Å². The van der Waals surface area contributed by atoms with Crippen molar-refractivity contribution in [3.05, 3.63) is 76.7 Å². The number of nitrogens with one attached hydrogen (secondary N) is 1. The van der Waals surface area contributed by atoms with Gasteiger partial charge in [0.1, 0.15) is 28.6 Å². The first-order chi connectivity index (χ1) is 13.1. The van der Waals surface area contributed by atoms with Crippen LogP contribution in [-0.4, -0.2) is 19.9 Å². The highest BCUT2D eigenvalue weighted by atomic mass is 35.5. The van der Waals surface area contributed by atoms with Crippen LogP contribution in [0.2, 0.25) is 5.02 Å². The molecule has 0 saturated carbocycles. The maximum absolute atomic E-state index is 12.7. The summed E-state index contributed by atoms with van der Waals surface area (Å²) in [7, 11) is 0. The minimum absolute atomic E-state index is 0.197. The molecule has 4 aromatic heterocycles. The average Bonchev–Trinajstić information content (AvgIpc) is 3.36. The Morgan fingerprint density at radius 2 is 2.11 bits per heavy atom. The van der Waals surface area contributed by atoms with E-state index < -0.39 is 0 Å². The number of carbonyl (C=O) groups excluding carboxylic acids is 1. The van der Waals surface area contributed by atoms with Gasteiger partial charge in [-0.2, -0.15) is 5.26 Å². The van der Waals surface area contributed by atoms with Crippen LogP contribution in [0.4, 0.5) is 0 Å². The molecule has 0 aliphatic heterocycles. The van der Waals surface area contributed by atoms with Gasteiger partial charge in [0.15, 0.2) is 0 Å². The van der Waals surface area contributed by atoms with Crippen molar-refractivity contribution in [2.45, 2.75) is 13.5 Å². The summed E-state index contributed by atoms with van der Waals surface area (Å²) < 4.78 is 9.11. The molecule has 0 bridgehead atoms. The van der Waals surface area contributed by atoms with Crippen LogP contribution in [0.25, 0.3) is 11.5 Å². The van der Waals surface area contributed by atoms with E-state index in [4.69, 9.17) is 16.0 Å². The number of fused-ring (bicyclic) bond motifs is 1. The number of furan rings is 1. The molecule has 1 amide bonds. The van der Waals surface area contributed by atoms with Crippen molar-refractivity contribution in [1.29, 1.82) is 5.26 Å². The number of halogens is 1. The molecular formula is C19H14ClN5O2. The van der Waals surface area contributed by atoms with Crippen molar-refractivity contribution >= 4 is 23.2 Å². The van der Waals surface area contributed by atoms with Crippen LogP contribution < -0.4 is 5.32 Å². The molecule has 0 fully saturated rings. The molecule has 4 rings (SSSR count). The van der Waals surface area contributed by atoms with Crippen LogP contribution in [0, 0.1) is 18.3 Å². The number of pyridine rings is 1. The van der Waals surface area contributed by atoms with E-state index in [-0.39, 0.29) is 23.6 Å². The summed E-state index contributed by atoms with van der Waals surface area (Å²) in [5.41, 5.74) is 1.84. The summed E-state index contributed by atoms with van der Waals surface area (Å²) in [6, 6.07) is 9.25. The first-order valence-corrected chi connectivity index (χ1v) is 8.53. The molecule has 134 valence electrons. The number of aromatic nitrogens is 3. The van der Waals surface area contributed by atoms with E-state index in [0.717, 1.165) is 5.65 Å². The molecule has 0 unspecified atom stereocenters. The van der Waals surface area contributed by atoms with Crippen molar-refractivity contribution in [3.8, 4) is 12.0 Å². The first kappa shape index (κ1) is 16.9. The van der Waals surface area contributed by atoms with Crippen molar-refractivity contribution in [2.24, 2.45) is 0 Å². The zero-order valence-electron chi connectivity index (χ0n) is 14.3. The fourth-order valence-corrected chi connectivity index (χ4v) is 3.09. The zero-order valence-corrected chi connectivity index (χ0v) is 15.1. The predicted molar refractivity (Wildman–Crippen MR) is 98.9 cm³/mol. The summed E-state index contributed by atoms with van der Waals surface area (Å²) in [4.78, 5) is 17.1. The number of imidazole rings is 1. The lowest BCUT2D eigenvalue weighted by atomic mass is 10.1. The highest BCUT2D eigenvalue weighted by Crippen LogP contribution is 2.25. The van der Waals surface area contributed by atoms with Crippen molar-refractivity contribution in [2.75, 3.05) is 0 Å². The second-order valence-corrected chi connectivity index (χ2v) is 6.38. The number of amides is 1. The molecule has 1 N–H and O–H groups in total. The molecule has 27 heavy (non-hydrogen) atoms. The lowest BCUT2D eigenvalue weighted by Crippen LogP contribution is -2.24. The van der Waals surface area contributed by atoms with Gasteiger partial charge in [-0.25, -0.2) is 4.98 Å². The summed E-state index contributed by atoms with van der Waals surface area (Å²) in [5.74, 6) is 0.323. The quantitative estimate of drug-likeness (QED) is 0.588. The fourth-order valence-electron chi connectivity index (χ4n) is 2.92. The molecule has 0 spiro atoms. The molecule has 0 radical (unpaired) electrons. The molecule has 7 nitrogen and oxygen atoms in total. The second kappa shape index (κ2) is 6.67. The summed E-state index contributed by atoms with van der Waals surface area (Å²) in [6.07, 6.45) is 7.04. The second-order valence-electron chi connectivity index (χ2n) is 5.94. The fraction of sp³-hybridized carbons (Fsp3) is 0.105. The van der Waals surface area contributed by atoms with E-state index in [1.807, 2.05) is 12.1 Å². The topological polar surface area (TPSA) is 88.3 Å². The molecule has 4 heterocycles. The van der Waals surface area contributed by atoms with E-state index in [1.165, 1.54) is 0 Å². The Morgan fingerprint density at radius 3 is 2.85 bits per heavy atom. The minimum atomic E-state index is -0.388. The van der Waals surface area contributed by atoms with E-state index in [9.17, 15) is 10.1 Å². The van der Waals surface area contributed by atoms with Gasteiger partial charge in [-0.05, 0) is 31.2 Å². The van der Waals surface area contributed by atoms with Gasteiger partial charge in [-0.15, -0.1) is 0 Å². The highest BCUT2D eigenvalue weighted by Gasteiger charge is 2.24. The smallest absolute Gasteiger partial charge is 0.256 e. The standard InChI is InChI=1S/C19H14ClN5O2/c1-12-17(15(8-21)19(27-12)24-6-2-3-7-24)18(26)22-9-14-11-25-10-13(20)4-5-16(25)23-14/h2-7,10-11H,9H2,1H3,(H,22,26). The third-order valence-electron chi connectivity index (χ3n) is 4.14. The Balaban J connectivity index is 1.58. The number of nitriles is 1. The van der Waals surface area contributed by atoms with Gasteiger partial charge in [0.05, 0.1) is 17.3 Å². The molecule has 4 aromatic rings. The lowest BCUT2D eigenvalue weighted by Gasteiger charge is -2.02. The Kier molecular flexibility index (Phi) is 4.18. The van der Waals surface area contributed by atoms with Crippen molar-refractivity contribution < 1.29 is 9.21 Å². The van der Waals surface area contributed by atoms with Crippen LogP contribution in [0.5, 0.6) is 0 Å². The van der Waals surface area contributed by atoms with Gasteiger partial charge in [0, 0.05) is 24.8 Å². The number of nitrogens with zero attached hydrogens (tertiary/aromatic N) is 4. The maximum atomic E-state index is 12.7. The van der Waals surface area contributed by atoms with Gasteiger partial charge in [0.25, 0.3) is 5.91 Å². The van der Waals surface area contributed by atoms with E-state index in [1.54, 1.807) is 52.8 Å². The maximum Gasteiger partial charge on any atom is 0.256 e. The molecule has 0 aliphatic rings. The molecular weight excluding hydrogens is 366 g/mol. The van der Waals surface area contributed by atoms with Gasteiger partial charge < -0.3 is 14.1 Å². The average molecular weight is 380 g/mol. The predicted octanol–water partition coefficient (Wildman–Crippen LogP) is 3.48. The number of hydrogen-bond donors (Lipinski definition) is 1. The minimum Gasteiger partial charge on any atom is -0.443 e. The Morgan fingerprint density at radius 1 is 1.33 bits per heavy atom. The van der Waals surface area contributed by atoms with Crippen LogP contribution in [0.3, 0.4) is 0 Å². The molecule has 8 heteroatoms. The van der Waals surface area contributed by atoms with Crippen molar-refractivity contribution in [3.63, 3.8) is 0 Å². The first-order valence-electron chi connectivity index (χ1n) is 8.15. The zero-order chi connectivity index (χ0) is 19.0. The number of rotatable bonds is 4.